The van der Waals surface area contributed by atoms with Crippen molar-refractivity contribution in [2.75, 3.05) is 11.5 Å². The number of esters is 1. The average Bonchev–Trinajstić information content (AvgIpc) is 3.08. The summed E-state index contributed by atoms with van der Waals surface area (Å²) in [6.07, 6.45) is 0.596. The van der Waals surface area contributed by atoms with E-state index >= 15 is 0 Å². The van der Waals surface area contributed by atoms with Crippen molar-refractivity contribution >= 4 is 36.1 Å². The Morgan fingerprint density at radius 1 is 0.938 bits per heavy atom. The third-order valence-corrected chi connectivity index (χ3v) is 5.99. The molecule has 2 aliphatic carbocycles. The number of amides is 2. The van der Waals surface area contributed by atoms with E-state index in [0.717, 1.165) is 21.6 Å². The second-order valence-corrected chi connectivity index (χ2v) is 8.56. The highest BCUT2D eigenvalue weighted by molar-refractivity contribution is 7.79. The third-order valence-electron chi connectivity index (χ3n) is 5.63. The molecule has 0 atom stereocenters. The monoisotopic (exact) mass is 447 g/mol. The smallest absolute Gasteiger partial charge is 0.340 e. The lowest BCUT2D eigenvalue weighted by Crippen LogP contribution is -2.31. The Morgan fingerprint density at radius 2 is 1.53 bits per heavy atom. The number of ether oxygens (including phenoxy) is 1. The summed E-state index contributed by atoms with van der Waals surface area (Å²) in [4.78, 5) is 41.1. The second kappa shape index (κ2) is 8.79. The van der Waals surface area contributed by atoms with E-state index in [4.69, 9.17) is 4.74 Å². The minimum absolute atomic E-state index is 0.188. The number of imide groups is 1. The van der Waals surface area contributed by atoms with Gasteiger partial charge in [0.1, 0.15) is 0 Å². The highest BCUT2D eigenvalue weighted by Gasteiger charge is 2.42. The van der Waals surface area contributed by atoms with Crippen LogP contribution >= 0.6 is 12.6 Å². The topological polar surface area (TPSA) is 63.7 Å². The zero-order valence-electron chi connectivity index (χ0n) is 18.3. The molecule has 2 amide bonds. The molecule has 4 rings (SSSR count). The normalized spacial score (nSPS) is 13.2. The van der Waals surface area contributed by atoms with Crippen LogP contribution in [0, 0.1) is 5.92 Å². The van der Waals surface area contributed by atoms with E-state index in [9.17, 15) is 14.4 Å². The van der Waals surface area contributed by atoms with E-state index < -0.39 is 17.8 Å². The molecule has 3 aliphatic rings. The first-order valence-corrected chi connectivity index (χ1v) is 11.4. The van der Waals surface area contributed by atoms with Crippen LogP contribution in [0.1, 0.15) is 63.0 Å². The van der Waals surface area contributed by atoms with Gasteiger partial charge in [0, 0.05) is 5.75 Å². The summed E-state index contributed by atoms with van der Waals surface area (Å²) in [6.45, 7) is 6.06. The fourth-order valence-corrected chi connectivity index (χ4v) is 4.48. The molecule has 1 aromatic rings. The van der Waals surface area contributed by atoms with E-state index in [2.05, 4.69) is 26.5 Å². The first-order chi connectivity index (χ1) is 15.4. The number of rotatable bonds is 6. The predicted octanol–water partition coefficient (Wildman–Crippen LogP) is 5.40. The van der Waals surface area contributed by atoms with Crippen molar-refractivity contribution in [1.29, 1.82) is 0 Å². The second-order valence-electron chi connectivity index (χ2n) is 8.24. The van der Waals surface area contributed by atoms with Crippen molar-refractivity contribution < 1.29 is 19.1 Å². The van der Waals surface area contributed by atoms with Gasteiger partial charge in [0.2, 0.25) is 0 Å². The number of hydrogen-bond acceptors (Lipinski definition) is 5. The van der Waals surface area contributed by atoms with E-state index in [1.807, 2.05) is 24.3 Å². The van der Waals surface area contributed by atoms with Crippen LogP contribution in [0.15, 0.2) is 48.5 Å². The van der Waals surface area contributed by atoms with Crippen LogP contribution in [0.25, 0.3) is 11.1 Å². The van der Waals surface area contributed by atoms with Gasteiger partial charge in [0.05, 0.1) is 29.0 Å². The molecular formula is C26H25NO4S. The van der Waals surface area contributed by atoms with E-state index in [-0.39, 0.29) is 18.1 Å². The molecule has 0 aromatic heterocycles. The summed E-state index contributed by atoms with van der Waals surface area (Å²) in [7, 11) is 0. The Labute approximate surface area is 193 Å². The maximum absolute atomic E-state index is 13.4. The van der Waals surface area contributed by atoms with Crippen molar-refractivity contribution in [1.82, 2.24) is 0 Å². The molecule has 0 fully saturated rings. The Morgan fingerprint density at radius 3 is 2.06 bits per heavy atom. The first kappa shape index (κ1) is 22.1. The molecule has 0 saturated heterocycles. The van der Waals surface area contributed by atoms with Gasteiger partial charge < -0.3 is 4.74 Å². The quantitative estimate of drug-likeness (QED) is 0.312. The lowest BCUT2D eigenvalue weighted by atomic mass is 9.99. The van der Waals surface area contributed by atoms with Crippen LogP contribution in [0.5, 0.6) is 0 Å². The van der Waals surface area contributed by atoms with Gasteiger partial charge >= 0.3 is 5.97 Å². The van der Waals surface area contributed by atoms with Crippen LogP contribution in [-0.4, -0.2) is 24.4 Å². The van der Waals surface area contributed by atoms with E-state index in [0.29, 0.717) is 34.6 Å². The highest BCUT2D eigenvalue weighted by atomic mass is 32.1. The first-order valence-electron chi connectivity index (χ1n) is 10.7. The molecule has 0 unspecified atom stereocenters. The number of thiol groups is 1. The maximum Gasteiger partial charge on any atom is 0.340 e. The van der Waals surface area contributed by atoms with E-state index in [1.165, 1.54) is 0 Å². The minimum atomic E-state index is -0.544. The lowest BCUT2D eigenvalue weighted by molar-refractivity contribution is 0.0528. The molecular weight excluding hydrogens is 422 g/mol. The number of fused-ring (bicyclic) bond motifs is 2. The van der Waals surface area contributed by atoms with Crippen molar-refractivity contribution in [3.63, 3.8) is 0 Å². The third kappa shape index (κ3) is 3.58. The van der Waals surface area contributed by atoms with E-state index in [1.54, 1.807) is 31.2 Å². The molecule has 1 aromatic carbocycles. The number of carbonyl (C=O) groups is 3. The SMILES string of the molecule is CCOC(=O)c1c2ccc(CS)ccc-2c(CC(C)C)c1N1C(=O)c2ccccc2C1=O. The fourth-order valence-electron chi connectivity index (χ4n) is 4.27. The Bertz CT molecular complexity index is 1170. The number of carbonyl (C=O) groups excluding carboxylic acids is 3. The Kier molecular flexibility index (Phi) is 6.07. The molecule has 0 spiro atoms. The summed E-state index contributed by atoms with van der Waals surface area (Å²) in [5.41, 5.74) is 4.59. The van der Waals surface area contributed by atoms with Gasteiger partial charge in [-0.05, 0) is 53.6 Å². The summed E-state index contributed by atoms with van der Waals surface area (Å²) in [5.74, 6) is -0.595. The number of anilines is 1. The zero-order chi connectivity index (χ0) is 23.0. The van der Waals surface area contributed by atoms with Crippen molar-refractivity contribution in [2.45, 2.75) is 32.9 Å². The molecule has 0 bridgehead atoms. The largest absolute Gasteiger partial charge is 0.462 e. The number of benzene rings is 1. The summed E-state index contributed by atoms with van der Waals surface area (Å²) in [5, 5.41) is 0. The van der Waals surface area contributed by atoms with Crippen molar-refractivity contribution in [2.24, 2.45) is 5.92 Å². The Balaban J connectivity index is 2.05. The predicted molar refractivity (Wildman–Crippen MR) is 128 cm³/mol. The highest BCUT2D eigenvalue weighted by Crippen LogP contribution is 2.46. The molecule has 0 N–H and O–H groups in total. The molecule has 1 aliphatic heterocycles. The molecule has 164 valence electrons. The lowest BCUT2D eigenvalue weighted by Gasteiger charge is -2.18. The minimum Gasteiger partial charge on any atom is -0.462 e. The number of hydrogen-bond donors (Lipinski definition) is 1. The van der Waals surface area contributed by atoms with Gasteiger partial charge in [0.25, 0.3) is 11.8 Å². The summed E-state index contributed by atoms with van der Waals surface area (Å²) in [6, 6.07) is 14.4. The maximum atomic E-state index is 13.4. The molecule has 5 nitrogen and oxygen atoms in total. The summed E-state index contributed by atoms with van der Waals surface area (Å²) >= 11 is 4.37. The van der Waals surface area contributed by atoms with Gasteiger partial charge in [-0.2, -0.15) is 12.6 Å². The van der Waals surface area contributed by atoms with Crippen LogP contribution < -0.4 is 4.90 Å². The fraction of sp³-hybridized carbons (Fsp3) is 0.269. The molecule has 6 heteroatoms. The van der Waals surface area contributed by atoms with Crippen molar-refractivity contribution in [3.05, 3.63) is 76.3 Å². The average molecular weight is 448 g/mol. The standard InChI is InChI=1S/C26H25NO4S/c1-4-31-26(30)22-18-12-10-16(14-32)9-11-17(18)21(13-15(2)3)23(22)27-24(28)19-7-5-6-8-20(19)25(27)29/h5-12,15,32H,4,13-14H2,1-3H3. The Hall–Kier alpha value is -3.12. The van der Waals surface area contributed by atoms with Crippen LogP contribution in [0.2, 0.25) is 0 Å². The van der Waals surface area contributed by atoms with Crippen molar-refractivity contribution in [3.8, 4) is 11.1 Å². The number of nitrogens with zero attached hydrogens (tertiary/aromatic N) is 1. The zero-order valence-corrected chi connectivity index (χ0v) is 19.2. The van der Waals surface area contributed by atoms with Gasteiger partial charge in [-0.3, -0.25) is 9.59 Å². The van der Waals surface area contributed by atoms with Gasteiger partial charge in [-0.1, -0.05) is 50.2 Å². The molecule has 0 saturated carbocycles. The van der Waals surface area contributed by atoms with Gasteiger partial charge in [0.15, 0.2) is 0 Å². The van der Waals surface area contributed by atoms with Gasteiger partial charge in [-0.25, -0.2) is 9.69 Å². The van der Waals surface area contributed by atoms with Crippen LogP contribution in [-0.2, 0) is 16.9 Å². The molecule has 1 heterocycles. The molecule has 0 radical (unpaired) electrons. The summed E-state index contributed by atoms with van der Waals surface area (Å²) < 4.78 is 5.39. The van der Waals surface area contributed by atoms with Gasteiger partial charge in [-0.15, -0.1) is 0 Å². The molecule has 32 heavy (non-hydrogen) atoms. The van der Waals surface area contributed by atoms with Crippen LogP contribution in [0.3, 0.4) is 0 Å². The van der Waals surface area contributed by atoms with Crippen LogP contribution in [0.4, 0.5) is 5.69 Å².